The van der Waals surface area contributed by atoms with Gasteiger partial charge in [0.1, 0.15) is 0 Å². The summed E-state index contributed by atoms with van der Waals surface area (Å²) in [5, 5.41) is 0. The van der Waals surface area contributed by atoms with Gasteiger partial charge in [-0.2, -0.15) is 0 Å². The van der Waals surface area contributed by atoms with Crippen LogP contribution in [0.5, 0.6) is 0 Å². The fourth-order valence-corrected chi connectivity index (χ4v) is 3.72. The molecule has 0 aromatic heterocycles. The molecule has 0 bridgehead atoms. The first-order chi connectivity index (χ1) is 9.30. The van der Waals surface area contributed by atoms with E-state index >= 15 is 0 Å². The van der Waals surface area contributed by atoms with Crippen LogP contribution in [0, 0.1) is 0 Å². The average Bonchev–Trinajstić information content (AvgIpc) is 2.82. The van der Waals surface area contributed by atoms with Crippen LogP contribution in [0.2, 0.25) is 0 Å². The lowest BCUT2D eigenvalue weighted by Gasteiger charge is -2.45. The van der Waals surface area contributed by atoms with Gasteiger partial charge in [0.05, 0.1) is 6.61 Å². The largest absolute Gasteiger partial charge is 0.385 e. The molecule has 2 rings (SSSR count). The number of hydrogen-bond acceptors (Lipinski definition) is 4. The van der Waals surface area contributed by atoms with E-state index in [0.717, 1.165) is 19.8 Å². The Morgan fingerprint density at radius 2 is 1.63 bits per heavy atom. The van der Waals surface area contributed by atoms with E-state index in [1.807, 2.05) is 0 Å². The Hall–Kier alpha value is -0.160. The first kappa shape index (κ1) is 15.2. The third kappa shape index (κ3) is 3.91. The van der Waals surface area contributed by atoms with Crippen LogP contribution in [0.25, 0.3) is 0 Å². The van der Waals surface area contributed by atoms with E-state index < -0.39 is 0 Å². The highest BCUT2D eigenvalue weighted by atomic mass is 16.5. The van der Waals surface area contributed by atoms with Crippen molar-refractivity contribution in [1.29, 1.82) is 0 Å². The van der Waals surface area contributed by atoms with Crippen molar-refractivity contribution >= 4 is 0 Å². The number of likely N-dealkylation sites (tertiary alicyclic amines) is 2. The summed E-state index contributed by atoms with van der Waals surface area (Å²) in [5.74, 6) is 0. The van der Waals surface area contributed by atoms with Crippen LogP contribution < -0.4 is 0 Å². The summed E-state index contributed by atoms with van der Waals surface area (Å²) in [6.07, 6.45) is 6.63. The van der Waals surface area contributed by atoms with E-state index in [1.165, 1.54) is 58.3 Å². The molecule has 1 spiro atoms. The number of hydrogen-bond donors (Lipinski definition) is 0. The lowest BCUT2D eigenvalue weighted by Crippen LogP contribution is -2.52. The molecule has 19 heavy (non-hydrogen) atoms. The Balaban J connectivity index is 1.79. The molecule has 0 atom stereocenters. The zero-order chi connectivity index (χ0) is 13.6. The van der Waals surface area contributed by atoms with E-state index in [-0.39, 0.29) is 0 Å². The van der Waals surface area contributed by atoms with Gasteiger partial charge in [0, 0.05) is 39.5 Å². The minimum absolute atomic E-state index is 0.511. The summed E-state index contributed by atoms with van der Waals surface area (Å²) in [7, 11) is 3.59. The molecule has 112 valence electrons. The van der Waals surface area contributed by atoms with Gasteiger partial charge in [-0.1, -0.05) is 0 Å². The van der Waals surface area contributed by atoms with Crippen LogP contribution >= 0.6 is 0 Å². The van der Waals surface area contributed by atoms with Crippen LogP contribution in [0.3, 0.4) is 0 Å². The molecular formula is C15H30N2O2. The summed E-state index contributed by atoms with van der Waals surface area (Å²) in [6, 6.07) is 0. The topological polar surface area (TPSA) is 24.9 Å². The maximum absolute atomic E-state index is 5.19. The molecule has 4 heteroatoms. The predicted molar refractivity (Wildman–Crippen MR) is 77.6 cm³/mol. The van der Waals surface area contributed by atoms with E-state index in [9.17, 15) is 0 Å². The standard InChI is InChI=1S/C15H30N2O2/c1-18-13-4-9-17-8-3-5-15(17)6-10-16(11-7-15)12-14-19-2/h3-14H2,1-2H3. The van der Waals surface area contributed by atoms with Gasteiger partial charge in [0.25, 0.3) is 0 Å². The van der Waals surface area contributed by atoms with Crippen molar-refractivity contribution in [3.05, 3.63) is 0 Å². The normalized spacial score (nSPS) is 24.3. The Kier molecular flexibility index (Phi) is 6.07. The van der Waals surface area contributed by atoms with Crippen molar-refractivity contribution < 1.29 is 9.47 Å². The van der Waals surface area contributed by atoms with Crippen LogP contribution in [0.1, 0.15) is 32.1 Å². The molecule has 4 nitrogen and oxygen atoms in total. The zero-order valence-corrected chi connectivity index (χ0v) is 12.7. The van der Waals surface area contributed by atoms with Crippen molar-refractivity contribution in [2.45, 2.75) is 37.6 Å². The van der Waals surface area contributed by atoms with Gasteiger partial charge in [0.15, 0.2) is 0 Å². The Morgan fingerprint density at radius 1 is 0.895 bits per heavy atom. The van der Waals surface area contributed by atoms with Crippen LogP contribution in [0.4, 0.5) is 0 Å². The quantitative estimate of drug-likeness (QED) is 0.656. The van der Waals surface area contributed by atoms with E-state index in [4.69, 9.17) is 9.47 Å². The van der Waals surface area contributed by atoms with Crippen LogP contribution in [-0.2, 0) is 9.47 Å². The van der Waals surface area contributed by atoms with Crippen molar-refractivity contribution in [1.82, 2.24) is 9.80 Å². The molecule has 0 radical (unpaired) electrons. The number of ether oxygens (including phenoxy) is 2. The van der Waals surface area contributed by atoms with Crippen molar-refractivity contribution in [3.8, 4) is 0 Å². The number of nitrogens with zero attached hydrogens (tertiary/aromatic N) is 2. The second-order valence-electron chi connectivity index (χ2n) is 6.00. The predicted octanol–water partition coefficient (Wildman–Crippen LogP) is 1.60. The van der Waals surface area contributed by atoms with Gasteiger partial charge >= 0.3 is 0 Å². The van der Waals surface area contributed by atoms with E-state index in [1.54, 1.807) is 14.2 Å². The van der Waals surface area contributed by atoms with Crippen molar-refractivity contribution in [2.24, 2.45) is 0 Å². The van der Waals surface area contributed by atoms with Crippen molar-refractivity contribution in [3.63, 3.8) is 0 Å². The summed E-state index contributed by atoms with van der Waals surface area (Å²) in [5.41, 5.74) is 0.511. The molecular weight excluding hydrogens is 240 g/mol. The number of rotatable bonds is 7. The Labute approximate surface area is 118 Å². The summed E-state index contributed by atoms with van der Waals surface area (Å²) in [4.78, 5) is 5.31. The third-order valence-electron chi connectivity index (χ3n) is 4.92. The van der Waals surface area contributed by atoms with E-state index in [0.29, 0.717) is 5.54 Å². The molecule has 0 aromatic carbocycles. The Morgan fingerprint density at radius 3 is 2.32 bits per heavy atom. The van der Waals surface area contributed by atoms with Crippen LogP contribution in [0.15, 0.2) is 0 Å². The van der Waals surface area contributed by atoms with Crippen LogP contribution in [-0.4, -0.2) is 75.5 Å². The van der Waals surface area contributed by atoms with E-state index in [2.05, 4.69) is 9.80 Å². The maximum atomic E-state index is 5.19. The summed E-state index contributed by atoms with van der Waals surface area (Å²) < 4.78 is 10.4. The molecule has 0 aliphatic carbocycles. The molecule has 0 unspecified atom stereocenters. The Bertz CT molecular complexity index is 253. The molecule has 0 aromatic rings. The van der Waals surface area contributed by atoms with Gasteiger partial charge in [-0.25, -0.2) is 0 Å². The molecule has 2 fully saturated rings. The highest BCUT2D eigenvalue weighted by Gasteiger charge is 2.42. The zero-order valence-electron chi connectivity index (χ0n) is 12.7. The molecule has 2 aliphatic heterocycles. The molecule has 0 amide bonds. The lowest BCUT2D eigenvalue weighted by molar-refractivity contribution is 0.0376. The number of piperidine rings is 1. The van der Waals surface area contributed by atoms with Crippen molar-refractivity contribution in [2.75, 3.05) is 60.2 Å². The fourth-order valence-electron chi connectivity index (χ4n) is 3.72. The van der Waals surface area contributed by atoms with Gasteiger partial charge in [0.2, 0.25) is 0 Å². The second kappa shape index (κ2) is 7.58. The molecule has 2 heterocycles. The van der Waals surface area contributed by atoms with Gasteiger partial charge in [-0.05, 0) is 51.7 Å². The first-order valence-corrected chi connectivity index (χ1v) is 7.76. The number of methoxy groups -OCH3 is 2. The maximum Gasteiger partial charge on any atom is 0.0589 e. The minimum atomic E-state index is 0.511. The smallest absolute Gasteiger partial charge is 0.0589 e. The molecule has 2 saturated heterocycles. The summed E-state index contributed by atoms with van der Waals surface area (Å²) >= 11 is 0. The molecule has 0 N–H and O–H groups in total. The van der Waals surface area contributed by atoms with Gasteiger partial charge in [-0.3, -0.25) is 4.90 Å². The highest BCUT2D eigenvalue weighted by Crippen LogP contribution is 2.38. The summed E-state index contributed by atoms with van der Waals surface area (Å²) in [6.45, 7) is 7.84. The second-order valence-corrected chi connectivity index (χ2v) is 6.00. The first-order valence-electron chi connectivity index (χ1n) is 7.76. The molecule has 0 saturated carbocycles. The average molecular weight is 270 g/mol. The molecule has 2 aliphatic rings. The minimum Gasteiger partial charge on any atom is -0.385 e. The SMILES string of the molecule is COCCCN1CCCC12CCN(CCOC)CC2. The van der Waals surface area contributed by atoms with Gasteiger partial charge in [-0.15, -0.1) is 0 Å². The third-order valence-corrected chi connectivity index (χ3v) is 4.92. The van der Waals surface area contributed by atoms with Gasteiger partial charge < -0.3 is 14.4 Å². The lowest BCUT2D eigenvalue weighted by atomic mass is 9.85. The fraction of sp³-hybridized carbons (Fsp3) is 1.00. The monoisotopic (exact) mass is 270 g/mol. The highest BCUT2D eigenvalue weighted by molar-refractivity contribution is 4.99.